The van der Waals surface area contributed by atoms with Crippen molar-refractivity contribution in [3.8, 4) is 0 Å². The van der Waals surface area contributed by atoms with Crippen LogP contribution in [0, 0.1) is 6.92 Å². The van der Waals surface area contributed by atoms with Crippen molar-refractivity contribution in [1.29, 1.82) is 0 Å². The molecule has 0 saturated carbocycles. The number of hydrogen-bond donors (Lipinski definition) is 1. The van der Waals surface area contributed by atoms with E-state index in [1.165, 1.54) is 17.3 Å². The zero-order valence-corrected chi connectivity index (χ0v) is 13.0. The fourth-order valence-electron chi connectivity index (χ4n) is 1.39. The first-order valence-electron chi connectivity index (χ1n) is 5.87. The SMILES string of the molecule is CC(=CCl)CSc1nc(C(C)C)nc(C)c1C(=O)O. The maximum Gasteiger partial charge on any atom is 0.340 e. The van der Waals surface area contributed by atoms with Gasteiger partial charge in [0.2, 0.25) is 0 Å². The molecule has 1 aromatic rings. The molecule has 0 atom stereocenters. The normalized spacial score (nSPS) is 12.0. The molecule has 1 rings (SSSR count). The number of nitrogens with zero attached hydrogens (tertiary/aromatic N) is 2. The fourth-order valence-corrected chi connectivity index (χ4v) is 2.54. The van der Waals surface area contributed by atoms with Crippen molar-refractivity contribution in [2.24, 2.45) is 0 Å². The summed E-state index contributed by atoms with van der Waals surface area (Å²) in [7, 11) is 0. The van der Waals surface area contributed by atoms with Gasteiger partial charge in [-0.05, 0) is 13.8 Å². The highest BCUT2D eigenvalue weighted by atomic mass is 35.5. The van der Waals surface area contributed by atoms with Gasteiger partial charge in [-0.2, -0.15) is 0 Å². The lowest BCUT2D eigenvalue weighted by atomic mass is 10.2. The maximum atomic E-state index is 11.3. The van der Waals surface area contributed by atoms with Gasteiger partial charge in [0.25, 0.3) is 0 Å². The van der Waals surface area contributed by atoms with E-state index < -0.39 is 5.97 Å². The Hall–Kier alpha value is -1.07. The second kappa shape index (κ2) is 6.91. The largest absolute Gasteiger partial charge is 0.478 e. The quantitative estimate of drug-likeness (QED) is 0.661. The molecule has 1 aromatic heterocycles. The Bertz CT molecular complexity index is 516. The number of rotatable bonds is 5. The fraction of sp³-hybridized carbons (Fsp3) is 0.462. The minimum Gasteiger partial charge on any atom is -0.478 e. The van der Waals surface area contributed by atoms with Crippen LogP contribution in [0.2, 0.25) is 0 Å². The van der Waals surface area contributed by atoms with Crippen molar-refractivity contribution >= 4 is 29.3 Å². The summed E-state index contributed by atoms with van der Waals surface area (Å²) in [4.78, 5) is 19.9. The lowest BCUT2D eigenvalue weighted by Gasteiger charge is -2.11. The van der Waals surface area contributed by atoms with E-state index in [1.807, 2.05) is 20.8 Å². The molecule has 4 nitrogen and oxygen atoms in total. The van der Waals surface area contributed by atoms with E-state index in [2.05, 4.69) is 9.97 Å². The standard InChI is InChI=1S/C13H17ClN2O2S/c1-7(2)11-15-9(4)10(13(17)18)12(16-11)19-6-8(3)5-14/h5,7H,6H2,1-4H3,(H,17,18). The highest BCUT2D eigenvalue weighted by Crippen LogP contribution is 2.26. The molecule has 0 spiro atoms. The number of halogens is 1. The van der Waals surface area contributed by atoms with Crippen molar-refractivity contribution in [2.45, 2.75) is 38.6 Å². The van der Waals surface area contributed by atoms with Crippen LogP contribution in [-0.2, 0) is 0 Å². The molecule has 0 saturated heterocycles. The van der Waals surface area contributed by atoms with Crippen molar-refractivity contribution in [1.82, 2.24) is 9.97 Å². The first kappa shape index (κ1) is 16.0. The first-order valence-corrected chi connectivity index (χ1v) is 7.29. The van der Waals surface area contributed by atoms with Crippen LogP contribution in [0.1, 0.15) is 48.6 Å². The summed E-state index contributed by atoms with van der Waals surface area (Å²) in [5.41, 5.74) is 3.13. The number of hydrogen-bond acceptors (Lipinski definition) is 4. The summed E-state index contributed by atoms with van der Waals surface area (Å²) in [6.07, 6.45) is 0. The number of carboxylic acids is 1. The average Bonchev–Trinajstić information content (AvgIpc) is 2.34. The molecular formula is C13H17ClN2O2S. The number of thioether (sulfide) groups is 1. The van der Waals surface area contributed by atoms with Crippen LogP contribution >= 0.6 is 23.4 Å². The minimum absolute atomic E-state index is 0.158. The third kappa shape index (κ3) is 4.21. The summed E-state index contributed by atoms with van der Waals surface area (Å²) in [5, 5.41) is 9.77. The minimum atomic E-state index is -0.997. The van der Waals surface area contributed by atoms with Crippen LogP contribution in [0.5, 0.6) is 0 Å². The molecule has 0 bridgehead atoms. The monoisotopic (exact) mass is 300 g/mol. The second-order valence-electron chi connectivity index (χ2n) is 4.55. The lowest BCUT2D eigenvalue weighted by molar-refractivity contribution is 0.0690. The van der Waals surface area contributed by atoms with E-state index >= 15 is 0 Å². The van der Waals surface area contributed by atoms with Crippen LogP contribution in [0.4, 0.5) is 0 Å². The van der Waals surface area contributed by atoms with E-state index in [0.717, 1.165) is 5.57 Å². The molecule has 0 aliphatic carbocycles. The van der Waals surface area contributed by atoms with E-state index in [4.69, 9.17) is 11.6 Å². The highest BCUT2D eigenvalue weighted by molar-refractivity contribution is 7.99. The smallest absolute Gasteiger partial charge is 0.340 e. The Kier molecular flexibility index (Phi) is 5.82. The van der Waals surface area contributed by atoms with E-state index in [9.17, 15) is 9.90 Å². The second-order valence-corrected chi connectivity index (χ2v) is 5.73. The summed E-state index contributed by atoms with van der Waals surface area (Å²) in [5.74, 6) is 0.434. The molecule has 104 valence electrons. The predicted octanol–water partition coefficient (Wildman–Crippen LogP) is 3.84. The highest BCUT2D eigenvalue weighted by Gasteiger charge is 2.19. The molecule has 0 aliphatic heterocycles. The van der Waals surface area contributed by atoms with Gasteiger partial charge in [0.05, 0.1) is 5.69 Å². The van der Waals surface area contributed by atoms with Gasteiger partial charge in [-0.3, -0.25) is 0 Å². The molecule has 1 heterocycles. The molecule has 0 radical (unpaired) electrons. The number of aromatic nitrogens is 2. The van der Waals surface area contributed by atoms with Crippen LogP contribution in [-0.4, -0.2) is 26.8 Å². The summed E-state index contributed by atoms with van der Waals surface area (Å²) >= 11 is 6.98. The van der Waals surface area contributed by atoms with Gasteiger partial charge in [-0.25, -0.2) is 14.8 Å². The van der Waals surface area contributed by atoms with Crippen LogP contribution in [0.25, 0.3) is 0 Å². The van der Waals surface area contributed by atoms with Gasteiger partial charge in [0.15, 0.2) is 0 Å². The van der Waals surface area contributed by atoms with E-state index in [-0.39, 0.29) is 11.5 Å². The summed E-state index contributed by atoms with van der Waals surface area (Å²) in [6.45, 7) is 7.55. The molecule has 6 heteroatoms. The Labute approximate surface area is 122 Å². The van der Waals surface area contributed by atoms with Crippen LogP contribution < -0.4 is 0 Å². The van der Waals surface area contributed by atoms with E-state index in [1.54, 1.807) is 6.92 Å². The Balaban J connectivity index is 3.20. The Morgan fingerprint density at radius 2 is 2.11 bits per heavy atom. The van der Waals surface area contributed by atoms with Gasteiger partial charge < -0.3 is 5.11 Å². The van der Waals surface area contributed by atoms with Crippen molar-refractivity contribution in [3.63, 3.8) is 0 Å². The number of aromatic carboxylic acids is 1. The molecule has 1 N–H and O–H groups in total. The lowest BCUT2D eigenvalue weighted by Crippen LogP contribution is -2.10. The third-order valence-electron chi connectivity index (χ3n) is 2.43. The molecule has 0 unspecified atom stereocenters. The molecule has 0 aliphatic rings. The van der Waals surface area contributed by atoms with Gasteiger partial charge in [0, 0.05) is 17.2 Å². The van der Waals surface area contributed by atoms with Gasteiger partial charge in [0.1, 0.15) is 16.4 Å². The van der Waals surface area contributed by atoms with Crippen molar-refractivity contribution in [3.05, 3.63) is 28.2 Å². The number of carboxylic acid groups (broad SMARTS) is 1. The van der Waals surface area contributed by atoms with Crippen molar-refractivity contribution in [2.75, 3.05) is 5.75 Å². The van der Waals surface area contributed by atoms with Gasteiger partial charge in [-0.1, -0.05) is 31.0 Å². The maximum absolute atomic E-state index is 11.3. The zero-order chi connectivity index (χ0) is 14.6. The molecular weight excluding hydrogens is 284 g/mol. The average molecular weight is 301 g/mol. The molecule has 0 amide bonds. The molecule has 0 aromatic carbocycles. The summed E-state index contributed by atoms with van der Waals surface area (Å²) < 4.78 is 0. The van der Waals surface area contributed by atoms with Gasteiger partial charge >= 0.3 is 5.97 Å². The Morgan fingerprint density at radius 1 is 1.47 bits per heavy atom. The Morgan fingerprint density at radius 3 is 2.58 bits per heavy atom. The van der Waals surface area contributed by atoms with Gasteiger partial charge in [-0.15, -0.1) is 11.8 Å². The van der Waals surface area contributed by atoms with Crippen LogP contribution in [0.15, 0.2) is 16.1 Å². The van der Waals surface area contributed by atoms with Crippen LogP contribution in [0.3, 0.4) is 0 Å². The molecule has 0 fully saturated rings. The topological polar surface area (TPSA) is 63.1 Å². The zero-order valence-electron chi connectivity index (χ0n) is 11.4. The number of carbonyl (C=O) groups is 1. The first-order chi connectivity index (χ1) is 8.86. The predicted molar refractivity (Wildman–Crippen MR) is 78.2 cm³/mol. The third-order valence-corrected chi connectivity index (χ3v) is 3.97. The summed E-state index contributed by atoms with van der Waals surface area (Å²) in [6, 6.07) is 0. The van der Waals surface area contributed by atoms with E-state index in [0.29, 0.717) is 22.3 Å². The number of aryl methyl sites for hydroxylation is 1. The van der Waals surface area contributed by atoms with Crippen molar-refractivity contribution < 1.29 is 9.90 Å². The molecule has 19 heavy (non-hydrogen) atoms.